The molecule has 0 aliphatic rings. The normalized spacial score (nSPS) is 10.2. The van der Waals surface area contributed by atoms with Gasteiger partial charge in [0.2, 0.25) is 5.78 Å². The van der Waals surface area contributed by atoms with Crippen LogP contribution in [0.3, 0.4) is 0 Å². The molecule has 0 fully saturated rings. The minimum atomic E-state index is -0.990. The molecule has 0 unspecified atom stereocenters. The minimum Gasteiger partial charge on any atom is -0.478 e. The largest absolute Gasteiger partial charge is 0.478 e. The van der Waals surface area contributed by atoms with Gasteiger partial charge in [-0.05, 0) is 36.1 Å². The van der Waals surface area contributed by atoms with E-state index in [1.807, 2.05) is 18.4 Å². The van der Waals surface area contributed by atoms with E-state index in [0.29, 0.717) is 10.4 Å². The van der Waals surface area contributed by atoms with Crippen LogP contribution in [0.2, 0.25) is 0 Å². The second kappa shape index (κ2) is 4.51. The molecule has 17 heavy (non-hydrogen) atoms. The Morgan fingerprint density at radius 2 is 1.65 bits per heavy atom. The number of carboxylic acids is 1. The maximum absolute atomic E-state index is 12.1. The Hall–Kier alpha value is -1.94. The number of aromatic carboxylic acids is 1. The van der Waals surface area contributed by atoms with Gasteiger partial charge in [0.15, 0.2) is 0 Å². The molecule has 1 N–H and O–H groups in total. The molecule has 1 aromatic heterocycles. The van der Waals surface area contributed by atoms with E-state index in [-0.39, 0.29) is 11.3 Å². The van der Waals surface area contributed by atoms with Crippen LogP contribution in [0.4, 0.5) is 0 Å². The summed E-state index contributed by atoms with van der Waals surface area (Å²) in [5.74, 6) is -1.05. The quantitative estimate of drug-likeness (QED) is 0.847. The molecule has 0 saturated heterocycles. The summed E-state index contributed by atoms with van der Waals surface area (Å²) in [6.07, 6.45) is 0. The predicted octanol–water partition coefficient (Wildman–Crippen LogP) is 2.99. The third-order valence-corrected chi connectivity index (χ3v) is 3.48. The Labute approximate surface area is 102 Å². The van der Waals surface area contributed by atoms with Crippen LogP contribution in [0.5, 0.6) is 0 Å². The molecular weight excluding hydrogens is 236 g/mol. The predicted molar refractivity (Wildman–Crippen MR) is 65.9 cm³/mol. The van der Waals surface area contributed by atoms with E-state index < -0.39 is 5.97 Å². The molecule has 1 aromatic carbocycles. The summed E-state index contributed by atoms with van der Waals surface area (Å²) in [5.41, 5.74) is 1.65. The van der Waals surface area contributed by atoms with Gasteiger partial charge >= 0.3 is 5.97 Å². The molecule has 0 amide bonds. The number of hydrogen-bond acceptors (Lipinski definition) is 3. The molecule has 0 bridgehead atoms. The second-order valence-electron chi connectivity index (χ2n) is 3.64. The van der Waals surface area contributed by atoms with Crippen molar-refractivity contribution >= 4 is 23.1 Å². The Kier molecular flexibility index (Phi) is 3.06. The number of rotatable bonds is 3. The topological polar surface area (TPSA) is 54.4 Å². The maximum atomic E-state index is 12.1. The summed E-state index contributed by atoms with van der Waals surface area (Å²) >= 11 is 1.40. The van der Waals surface area contributed by atoms with Crippen molar-refractivity contribution in [3.05, 3.63) is 57.3 Å². The summed E-state index contributed by atoms with van der Waals surface area (Å²) in [5, 5.41) is 10.6. The van der Waals surface area contributed by atoms with Gasteiger partial charge in [0.1, 0.15) is 0 Å². The number of hydrogen-bond donors (Lipinski definition) is 1. The highest BCUT2D eigenvalue weighted by Crippen LogP contribution is 2.20. The van der Waals surface area contributed by atoms with Crippen LogP contribution < -0.4 is 0 Å². The highest BCUT2D eigenvalue weighted by molar-refractivity contribution is 7.12. The van der Waals surface area contributed by atoms with E-state index in [4.69, 9.17) is 5.11 Å². The van der Waals surface area contributed by atoms with Crippen molar-refractivity contribution in [1.82, 2.24) is 0 Å². The molecule has 2 rings (SSSR count). The molecule has 0 spiro atoms. The van der Waals surface area contributed by atoms with E-state index in [2.05, 4.69) is 0 Å². The third kappa shape index (κ3) is 2.26. The molecular formula is C13H10O3S. The molecule has 0 atom stereocenters. The molecule has 0 radical (unpaired) electrons. The first kappa shape index (κ1) is 11.5. The summed E-state index contributed by atoms with van der Waals surface area (Å²) in [7, 11) is 0. The van der Waals surface area contributed by atoms with Crippen molar-refractivity contribution in [2.24, 2.45) is 0 Å². The fourth-order valence-electron chi connectivity index (χ4n) is 1.50. The lowest BCUT2D eigenvalue weighted by molar-refractivity contribution is 0.0696. The Morgan fingerprint density at radius 1 is 1.06 bits per heavy atom. The standard InChI is InChI=1S/C13H10O3S/c1-8-6-7-17-12(8)11(14)9-2-4-10(5-3-9)13(15)16/h2-7H,1H3,(H,15,16). The fourth-order valence-corrected chi connectivity index (χ4v) is 2.39. The van der Waals surface area contributed by atoms with E-state index >= 15 is 0 Å². The summed E-state index contributed by atoms with van der Waals surface area (Å²) < 4.78 is 0. The molecule has 1 heterocycles. The average molecular weight is 246 g/mol. The minimum absolute atomic E-state index is 0.0607. The number of carbonyl (C=O) groups excluding carboxylic acids is 1. The number of benzene rings is 1. The van der Waals surface area contributed by atoms with Crippen LogP contribution in [0, 0.1) is 6.92 Å². The van der Waals surface area contributed by atoms with Crippen molar-refractivity contribution in [3.63, 3.8) is 0 Å². The Bertz CT molecular complexity index is 567. The number of ketones is 1. The van der Waals surface area contributed by atoms with Crippen molar-refractivity contribution < 1.29 is 14.7 Å². The maximum Gasteiger partial charge on any atom is 0.335 e. The first-order valence-corrected chi connectivity index (χ1v) is 5.89. The van der Waals surface area contributed by atoms with Gasteiger partial charge in [-0.2, -0.15) is 0 Å². The van der Waals surface area contributed by atoms with Gasteiger partial charge in [0, 0.05) is 5.56 Å². The van der Waals surface area contributed by atoms with Gasteiger partial charge in [-0.15, -0.1) is 11.3 Å². The molecule has 2 aromatic rings. The van der Waals surface area contributed by atoms with Crippen LogP contribution in [0.15, 0.2) is 35.7 Å². The average Bonchev–Trinajstić information content (AvgIpc) is 2.74. The number of carboxylic acid groups (broad SMARTS) is 1. The molecule has 4 heteroatoms. The van der Waals surface area contributed by atoms with Gasteiger partial charge in [-0.1, -0.05) is 12.1 Å². The van der Waals surface area contributed by atoms with Crippen molar-refractivity contribution in [2.75, 3.05) is 0 Å². The highest BCUT2D eigenvalue weighted by atomic mass is 32.1. The monoisotopic (exact) mass is 246 g/mol. The fraction of sp³-hybridized carbons (Fsp3) is 0.0769. The van der Waals surface area contributed by atoms with Crippen LogP contribution in [0.1, 0.15) is 31.2 Å². The molecule has 3 nitrogen and oxygen atoms in total. The van der Waals surface area contributed by atoms with Crippen molar-refractivity contribution in [1.29, 1.82) is 0 Å². The zero-order valence-corrected chi connectivity index (χ0v) is 9.95. The number of thiophene rings is 1. The summed E-state index contributed by atoms with van der Waals surface area (Å²) in [6.45, 7) is 1.88. The SMILES string of the molecule is Cc1ccsc1C(=O)c1ccc(C(=O)O)cc1. The summed E-state index contributed by atoms with van der Waals surface area (Å²) in [4.78, 5) is 23.5. The lowest BCUT2D eigenvalue weighted by Gasteiger charge is -2.00. The lowest BCUT2D eigenvalue weighted by Crippen LogP contribution is -2.02. The smallest absolute Gasteiger partial charge is 0.335 e. The van der Waals surface area contributed by atoms with E-state index in [0.717, 1.165) is 5.56 Å². The van der Waals surface area contributed by atoms with Crippen LogP contribution in [-0.4, -0.2) is 16.9 Å². The number of carbonyl (C=O) groups is 2. The van der Waals surface area contributed by atoms with Gasteiger partial charge in [-0.25, -0.2) is 4.79 Å². The van der Waals surface area contributed by atoms with Crippen molar-refractivity contribution in [2.45, 2.75) is 6.92 Å². The summed E-state index contributed by atoms with van der Waals surface area (Å²) in [6, 6.07) is 7.87. The zero-order valence-electron chi connectivity index (χ0n) is 9.14. The number of aryl methyl sites for hydroxylation is 1. The van der Waals surface area contributed by atoms with Gasteiger partial charge in [-0.3, -0.25) is 4.79 Å². The van der Waals surface area contributed by atoms with Crippen molar-refractivity contribution in [3.8, 4) is 0 Å². The molecule has 0 aliphatic carbocycles. The highest BCUT2D eigenvalue weighted by Gasteiger charge is 2.13. The first-order valence-electron chi connectivity index (χ1n) is 5.02. The molecule has 86 valence electrons. The van der Waals surface area contributed by atoms with E-state index in [1.54, 1.807) is 12.1 Å². The second-order valence-corrected chi connectivity index (χ2v) is 4.56. The molecule has 0 saturated carbocycles. The zero-order chi connectivity index (χ0) is 12.4. The third-order valence-electron chi connectivity index (χ3n) is 2.46. The van der Waals surface area contributed by atoms with Crippen LogP contribution in [0.25, 0.3) is 0 Å². The first-order chi connectivity index (χ1) is 8.09. The van der Waals surface area contributed by atoms with Crippen LogP contribution >= 0.6 is 11.3 Å². The van der Waals surface area contributed by atoms with Gasteiger partial charge < -0.3 is 5.11 Å². The van der Waals surface area contributed by atoms with Gasteiger partial charge in [0.25, 0.3) is 0 Å². The van der Waals surface area contributed by atoms with E-state index in [1.165, 1.54) is 23.5 Å². The Balaban J connectivity index is 2.33. The van der Waals surface area contributed by atoms with Gasteiger partial charge in [0.05, 0.1) is 10.4 Å². The van der Waals surface area contributed by atoms with Crippen LogP contribution in [-0.2, 0) is 0 Å². The lowest BCUT2D eigenvalue weighted by atomic mass is 10.1. The molecule has 0 aliphatic heterocycles. The Morgan fingerprint density at radius 3 is 2.12 bits per heavy atom. The van der Waals surface area contributed by atoms with E-state index in [9.17, 15) is 9.59 Å².